The van der Waals surface area contributed by atoms with Crippen LogP contribution in [0, 0.1) is 6.92 Å². The van der Waals surface area contributed by atoms with Crippen LogP contribution < -0.4 is 5.48 Å². The Morgan fingerprint density at radius 1 is 1.54 bits per heavy atom. The van der Waals surface area contributed by atoms with Gasteiger partial charge in [-0.15, -0.1) is 0 Å². The van der Waals surface area contributed by atoms with E-state index in [-0.39, 0.29) is 11.3 Å². The van der Waals surface area contributed by atoms with Gasteiger partial charge in [-0.1, -0.05) is 11.6 Å². The Kier molecular flexibility index (Phi) is 2.87. The predicted molar refractivity (Wildman–Crippen MR) is 47.3 cm³/mol. The van der Waals surface area contributed by atoms with Crippen LogP contribution in [0.1, 0.15) is 15.9 Å². The molecule has 0 radical (unpaired) electrons. The molecule has 0 saturated carbocycles. The van der Waals surface area contributed by atoms with Crippen molar-refractivity contribution in [1.29, 1.82) is 0 Å². The van der Waals surface area contributed by atoms with E-state index in [0.717, 1.165) is 5.56 Å². The molecule has 0 aromatic heterocycles. The second kappa shape index (κ2) is 3.91. The van der Waals surface area contributed by atoms with Gasteiger partial charge in [0, 0.05) is 0 Å². The minimum atomic E-state index is -0.455. The molecule has 0 aliphatic rings. The molecule has 4 nitrogen and oxygen atoms in total. The average molecular weight is 181 g/mol. The SMILES string of the molecule is CONC(=O)c1cc(C)ccc1O. The van der Waals surface area contributed by atoms with Crippen molar-refractivity contribution < 1.29 is 14.7 Å². The van der Waals surface area contributed by atoms with E-state index in [1.807, 2.05) is 6.92 Å². The average Bonchev–Trinajstić information content (AvgIpc) is 2.09. The molecule has 0 unspecified atom stereocenters. The van der Waals surface area contributed by atoms with Gasteiger partial charge >= 0.3 is 0 Å². The van der Waals surface area contributed by atoms with Gasteiger partial charge < -0.3 is 5.11 Å². The summed E-state index contributed by atoms with van der Waals surface area (Å²) in [6, 6.07) is 4.78. The molecular weight excluding hydrogens is 170 g/mol. The maximum absolute atomic E-state index is 11.2. The Morgan fingerprint density at radius 2 is 2.23 bits per heavy atom. The molecular formula is C9H11NO3. The van der Waals surface area contributed by atoms with Crippen LogP contribution in [-0.2, 0) is 4.84 Å². The van der Waals surface area contributed by atoms with Gasteiger partial charge in [0.05, 0.1) is 12.7 Å². The van der Waals surface area contributed by atoms with Crippen LogP contribution in [0.25, 0.3) is 0 Å². The predicted octanol–water partition coefficient (Wildman–Crippen LogP) is 0.992. The Labute approximate surface area is 76.1 Å². The lowest BCUT2D eigenvalue weighted by Crippen LogP contribution is -2.21. The molecule has 0 heterocycles. The molecule has 1 rings (SSSR count). The topological polar surface area (TPSA) is 58.6 Å². The van der Waals surface area contributed by atoms with Crippen LogP contribution in [0.3, 0.4) is 0 Å². The third-order valence-corrected chi connectivity index (χ3v) is 1.59. The quantitative estimate of drug-likeness (QED) is 0.669. The first-order valence-corrected chi connectivity index (χ1v) is 3.78. The van der Waals surface area contributed by atoms with Gasteiger partial charge in [0.15, 0.2) is 0 Å². The lowest BCUT2D eigenvalue weighted by molar-refractivity contribution is 0.0535. The van der Waals surface area contributed by atoms with E-state index in [1.165, 1.54) is 13.2 Å². The van der Waals surface area contributed by atoms with Crippen LogP contribution >= 0.6 is 0 Å². The van der Waals surface area contributed by atoms with Crippen LogP contribution in [0.15, 0.2) is 18.2 Å². The first-order valence-electron chi connectivity index (χ1n) is 3.78. The summed E-state index contributed by atoms with van der Waals surface area (Å²) >= 11 is 0. The van der Waals surface area contributed by atoms with Gasteiger partial charge in [-0.3, -0.25) is 9.63 Å². The highest BCUT2D eigenvalue weighted by Crippen LogP contribution is 2.17. The molecule has 1 aromatic carbocycles. The molecule has 0 fully saturated rings. The number of hydroxylamine groups is 1. The second-order valence-electron chi connectivity index (χ2n) is 2.66. The summed E-state index contributed by atoms with van der Waals surface area (Å²) in [5.41, 5.74) is 3.24. The number of hydrogen-bond donors (Lipinski definition) is 2. The standard InChI is InChI=1S/C9H11NO3/c1-6-3-4-8(11)7(5-6)9(12)10-13-2/h3-5,11H,1-2H3,(H,10,12). The Bertz CT molecular complexity index is 323. The Balaban J connectivity index is 2.99. The van der Waals surface area contributed by atoms with Crippen molar-refractivity contribution in [3.8, 4) is 5.75 Å². The third kappa shape index (κ3) is 2.19. The van der Waals surface area contributed by atoms with Crippen molar-refractivity contribution in [1.82, 2.24) is 5.48 Å². The van der Waals surface area contributed by atoms with Crippen molar-refractivity contribution in [3.05, 3.63) is 29.3 Å². The number of phenolic OH excluding ortho intramolecular Hbond substituents is 1. The maximum Gasteiger partial charge on any atom is 0.278 e. The summed E-state index contributed by atoms with van der Waals surface area (Å²) in [6.07, 6.45) is 0. The van der Waals surface area contributed by atoms with E-state index in [0.29, 0.717) is 0 Å². The van der Waals surface area contributed by atoms with Crippen LogP contribution in [0.5, 0.6) is 5.75 Å². The number of phenols is 1. The van der Waals surface area contributed by atoms with Crippen molar-refractivity contribution in [2.45, 2.75) is 6.92 Å². The van der Waals surface area contributed by atoms with Crippen LogP contribution in [0.2, 0.25) is 0 Å². The first kappa shape index (κ1) is 9.54. The van der Waals surface area contributed by atoms with Gasteiger partial charge in [-0.2, -0.15) is 0 Å². The fraction of sp³-hybridized carbons (Fsp3) is 0.222. The fourth-order valence-electron chi connectivity index (χ4n) is 0.979. The van der Waals surface area contributed by atoms with Crippen molar-refractivity contribution in [2.75, 3.05) is 7.11 Å². The lowest BCUT2D eigenvalue weighted by atomic mass is 10.1. The minimum Gasteiger partial charge on any atom is -0.507 e. The molecule has 0 atom stereocenters. The number of hydrogen-bond acceptors (Lipinski definition) is 3. The fourth-order valence-corrected chi connectivity index (χ4v) is 0.979. The molecule has 1 amide bonds. The molecule has 13 heavy (non-hydrogen) atoms. The first-order chi connectivity index (χ1) is 6.15. The molecule has 2 N–H and O–H groups in total. The van der Waals surface area contributed by atoms with Gasteiger partial charge in [0.2, 0.25) is 0 Å². The number of aryl methyl sites for hydroxylation is 1. The van der Waals surface area contributed by atoms with Gasteiger partial charge in [0.25, 0.3) is 5.91 Å². The number of carbonyl (C=O) groups excluding carboxylic acids is 1. The molecule has 4 heteroatoms. The number of benzene rings is 1. The summed E-state index contributed by atoms with van der Waals surface area (Å²) in [7, 11) is 1.34. The maximum atomic E-state index is 11.2. The normalized spacial score (nSPS) is 9.69. The zero-order chi connectivity index (χ0) is 9.84. The van der Waals surface area contributed by atoms with Gasteiger partial charge in [-0.25, -0.2) is 5.48 Å². The summed E-state index contributed by atoms with van der Waals surface area (Å²) in [6.45, 7) is 1.84. The second-order valence-corrected chi connectivity index (χ2v) is 2.66. The summed E-state index contributed by atoms with van der Waals surface area (Å²) in [4.78, 5) is 15.7. The van der Waals surface area contributed by atoms with E-state index in [2.05, 4.69) is 10.3 Å². The van der Waals surface area contributed by atoms with Crippen molar-refractivity contribution in [2.24, 2.45) is 0 Å². The highest BCUT2D eigenvalue weighted by atomic mass is 16.6. The van der Waals surface area contributed by atoms with Crippen molar-refractivity contribution in [3.63, 3.8) is 0 Å². The third-order valence-electron chi connectivity index (χ3n) is 1.59. The number of carbonyl (C=O) groups is 1. The largest absolute Gasteiger partial charge is 0.507 e. The van der Waals surface area contributed by atoms with Gasteiger partial charge in [0.1, 0.15) is 5.75 Å². The molecule has 0 bridgehead atoms. The van der Waals surface area contributed by atoms with Crippen molar-refractivity contribution >= 4 is 5.91 Å². The number of nitrogens with one attached hydrogen (secondary N) is 1. The lowest BCUT2D eigenvalue weighted by Gasteiger charge is -2.04. The van der Waals surface area contributed by atoms with E-state index in [9.17, 15) is 9.90 Å². The van der Waals surface area contributed by atoms with E-state index in [1.54, 1.807) is 12.1 Å². The zero-order valence-corrected chi connectivity index (χ0v) is 7.50. The molecule has 0 aliphatic carbocycles. The molecule has 70 valence electrons. The van der Waals surface area contributed by atoms with E-state index in [4.69, 9.17) is 0 Å². The smallest absolute Gasteiger partial charge is 0.278 e. The number of amides is 1. The molecule has 0 saturated heterocycles. The molecule has 0 aliphatic heterocycles. The number of rotatable bonds is 2. The Hall–Kier alpha value is -1.55. The minimum absolute atomic E-state index is 0.0554. The summed E-state index contributed by atoms with van der Waals surface area (Å²) in [5.74, 6) is -0.510. The summed E-state index contributed by atoms with van der Waals surface area (Å²) < 4.78 is 0. The van der Waals surface area contributed by atoms with E-state index >= 15 is 0 Å². The Morgan fingerprint density at radius 3 is 2.85 bits per heavy atom. The molecule has 0 spiro atoms. The van der Waals surface area contributed by atoms with Crippen LogP contribution in [-0.4, -0.2) is 18.1 Å². The highest BCUT2D eigenvalue weighted by molar-refractivity contribution is 5.96. The number of aromatic hydroxyl groups is 1. The van der Waals surface area contributed by atoms with Crippen LogP contribution in [0.4, 0.5) is 0 Å². The summed E-state index contributed by atoms with van der Waals surface area (Å²) in [5, 5.41) is 9.32. The zero-order valence-electron chi connectivity index (χ0n) is 7.50. The highest BCUT2D eigenvalue weighted by Gasteiger charge is 2.09. The van der Waals surface area contributed by atoms with E-state index < -0.39 is 5.91 Å². The molecule has 1 aromatic rings. The monoisotopic (exact) mass is 181 g/mol. The van der Waals surface area contributed by atoms with Gasteiger partial charge in [-0.05, 0) is 19.1 Å².